The number of rotatable bonds is 7. The second-order valence-electron chi connectivity index (χ2n) is 4.11. The van der Waals surface area contributed by atoms with Gasteiger partial charge in [0.2, 0.25) is 5.82 Å². The molecule has 1 heterocycles. The average molecular weight is 369 g/mol. The first-order valence-electron chi connectivity index (χ1n) is 6.27. The van der Waals surface area contributed by atoms with Gasteiger partial charge >= 0.3 is 11.6 Å². The van der Waals surface area contributed by atoms with Gasteiger partial charge in [0, 0.05) is 18.1 Å². The summed E-state index contributed by atoms with van der Waals surface area (Å²) in [6.45, 7) is 0.774. The Kier molecular flexibility index (Phi) is 5.61. The number of methoxy groups -OCH3 is 1. The maximum atomic E-state index is 11.3. The molecule has 0 atom stereocenters. The summed E-state index contributed by atoms with van der Waals surface area (Å²) in [5.74, 6) is 0.402. The number of nitrogens with zero attached hydrogens (tertiary/aromatic N) is 3. The van der Waals surface area contributed by atoms with E-state index in [-0.39, 0.29) is 17.4 Å². The minimum absolute atomic E-state index is 0.0872. The second-order valence-corrected chi connectivity index (χ2v) is 5.02. The number of benzene rings is 1. The molecule has 0 fully saturated rings. The van der Waals surface area contributed by atoms with Crippen LogP contribution in [0, 0.1) is 10.1 Å². The molecule has 1 aromatic heterocycles. The van der Waals surface area contributed by atoms with Gasteiger partial charge in [0.15, 0.2) is 0 Å². The lowest BCUT2D eigenvalue weighted by molar-refractivity contribution is -0.385. The van der Waals surface area contributed by atoms with Crippen molar-refractivity contribution in [2.75, 3.05) is 25.6 Å². The summed E-state index contributed by atoms with van der Waals surface area (Å²) in [6, 6.07) is 6.88. The Bertz CT molecular complexity index is 651. The van der Waals surface area contributed by atoms with Gasteiger partial charge in [0.05, 0.1) is 11.5 Å². The van der Waals surface area contributed by atoms with Crippen LogP contribution >= 0.6 is 15.9 Å². The van der Waals surface area contributed by atoms with Gasteiger partial charge in [-0.25, -0.2) is 4.98 Å². The molecule has 0 amide bonds. The number of hydrogen-bond acceptors (Lipinski definition) is 7. The Morgan fingerprint density at radius 1 is 1.32 bits per heavy atom. The van der Waals surface area contributed by atoms with Crippen molar-refractivity contribution >= 4 is 27.4 Å². The summed E-state index contributed by atoms with van der Waals surface area (Å²) >= 11 is 3.30. The molecule has 116 valence electrons. The fourth-order valence-electron chi connectivity index (χ4n) is 1.62. The van der Waals surface area contributed by atoms with Crippen molar-refractivity contribution in [3.63, 3.8) is 0 Å². The zero-order valence-electron chi connectivity index (χ0n) is 11.7. The van der Waals surface area contributed by atoms with Crippen LogP contribution in [0.25, 0.3) is 0 Å². The predicted octanol–water partition coefficient (Wildman–Crippen LogP) is 3.00. The number of hydrogen-bond donors (Lipinski definition) is 1. The Morgan fingerprint density at radius 3 is 2.68 bits per heavy atom. The van der Waals surface area contributed by atoms with Crippen molar-refractivity contribution in [3.05, 3.63) is 45.2 Å². The summed E-state index contributed by atoms with van der Waals surface area (Å²) in [5.41, 5.74) is -0.318. The van der Waals surface area contributed by atoms with E-state index in [1.165, 1.54) is 13.4 Å². The van der Waals surface area contributed by atoms with Gasteiger partial charge in [-0.2, -0.15) is 4.98 Å². The third-order valence-electron chi connectivity index (χ3n) is 2.60. The van der Waals surface area contributed by atoms with E-state index in [0.29, 0.717) is 18.9 Å². The van der Waals surface area contributed by atoms with Gasteiger partial charge in [-0.3, -0.25) is 10.1 Å². The molecule has 8 nitrogen and oxygen atoms in total. The van der Waals surface area contributed by atoms with E-state index in [4.69, 9.17) is 9.47 Å². The van der Waals surface area contributed by atoms with Crippen molar-refractivity contribution in [3.8, 4) is 11.6 Å². The van der Waals surface area contributed by atoms with Gasteiger partial charge in [0.25, 0.3) is 0 Å². The summed E-state index contributed by atoms with van der Waals surface area (Å²) in [4.78, 5) is 18.4. The number of nitrogens with one attached hydrogen (secondary N) is 1. The third kappa shape index (κ3) is 4.12. The molecule has 0 saturated carbocycles. The predicted molar refractivity (Wildman–Crippen MR) is 83.3 cm³/mol. The first-order valence-corrected chi connectivity index (χ1v) is 7.06. The largest absolute Gasteiger partial charge is 0.434 e. The van der Waals surface area contributed by atoms with E-state index in [0.717, 1.165) is 4.47 Å². The van der Waals surface area contributed by atoms with E-state index < -0.39 is 4.92 Å². The summed E-state index contributed by atoms with van der Waals surface area (Å²) in [6.07, 6.45) is 1.20. The first-order chi connectivity index (χ1) is 10.6. The first kappa shape index (κ1) is 16.1. The number of aromatic nitrogens is 2. The molecule has 0 aliphatic rings. The molecule has 0 spiro atoms. The molecule has 9 heteroatoms. The molecule has 1 aromatic carbocycles. The summed E-state index contributed by atoms with van der Waals surface area (Å²) in [7, 11) is 1.54. The highest BCUT2D eigenvalue weighted by Gasteiger charge is 2.24. The molecular weight excluding hydrogens is 356 g/mol. The number of ether oxygens (including phenoxy) is 2. The Morgan fingerprint density at radius 2 is 2.05 bits per heavy atom. The fourth-order valence-corrected chi connectivity index (χ4v) is 1.88. The van der Waals surface area contributed by atoms with Gasteiger partial charge < -0.3 is 14.8 Å². The molecule has 0 aliphatic heterocycles. The number of halogens is 1. The maximum absolute atomic E-state index is 11.3. The minimum Gasteiger partial charge on any atom is -0.434 e. The van der Waals surface area contributed by atoms with Crippen LogP contribution in [0.2, 0.25) is 0 Å². The van der Waals surface area contributed by atoms with Crippen LogP contribution in [-0.2, 0) is 4.74 Å². The molecule has 0 aliphatic carbocycles. The average Bonchev–Trinajstić information content (AvgIpc) is 2.50. The van der Waals surface area contributed by atoms with Crippen LogP contribution < -0.4 is 10.1 Å². The molecule has 22 heavy (non-hydrogen) atoms. The lowest BCUT2D eigenvalue weighted by Gasteiger charge is -2.09. The summed E-state index contributed by atoms with van der Waals surface area (Å²) in [5, 5.41) is 14.1. The second kappa shape index (κ2) is 7.66. The molecular formula is C13H13BrN4O4. The van der Waals surface area contributed by atoms with Crippen molar-refractivity contribution in [2.24, 2.45) is 0 Å². The minimum atomic E-state index is -0.580. The maximum Gasteiger partial charge on any atom is 0.373 e. The molecule has 2 rings (SSSR count). The third-order valence-corrected chi connectivity index (χ3v) is 3.13. The molecule has 1 N–H and O–H groups in total. The highest BCUT2D eigenvalue weighted by atomic mass is 79.9. The quantitative estimate of drug-likeness (QED) is 0.455. The van der Waals surface area contributed by atoms with Crippen LogP contribution in [0.15, 0.2) is 35.1 Å². The highest BCUT2D eigenvalue weighted by Crippen LogP contribution is 2.34. The van der Waals surface area contributed by atoms with Gasteiger partial charge in [0.1, 0.15) is 12.1 Å². The van der Waals surface area contributed by atoms with Gasteiger partial charge in [-0.15, -0.1) is 0 Å². The lowest BCUT2D eigenvalue weighted by Crippen LogP contribution is -2.11. The van der Waals surface area contributed by atoms with E-state index >= 15 is 0 Å². The van der Waals surface area contributed by atoms with Crippen LogP contribution in [-0.4, -0.2) is 35.2 Å². The van der Waals surface area contributed by atoms with Crippen LogP contribution in [0.4, 0.5) is 11.5 Å². The van der Waals surface area contributed by atoms with Gasteiger partial charge in [-0.05, 0) is 24.3 Å². The van der Waals surface area contributed by atoms with E-state index in [1.54, 1.807) is 24.3 Å². The smallest absolute Gasteiger partial charge is 0.373 e. The zero-order chi connectivity index (χ0) is 15.9. The molecule has 0 radical (unpaired) electrons. The normalized spacial score (nSPS) is 10.3. The molecule has 0 saturated heterocycles. The molecule has 0 bridgehead atoms. The zero-order valence-corrected chi connectivity index (χ0v) is 13.2. The fraction of sp³-hybridized carbons (Fsp3) is 0.231. The van der Waals surface area contributed by atoms with Crippen molar-refractivity contribution in [1.82, 2.24) is 9.97 Å². The van der Waals surface area contributed by atoms with Crippen molar-refractivity contribution in [1.29, 1.82) is 0 Å². The van der Waals surface area contributed by atoms with E-state index in [2.05, 4.69) is 31.2 Å². The van der Waals surface area contributed by atoms with Crippen LogP contribution in [0.3, 0.4) is 0 Å². The number of nitro groups is 1. The molecule has 2 aromatic rings. The van der Waals surface area contributed by atoms with Crippen molar-refractivity contribution < 1.29 is 14.4 Å². The molecule has 0 unspecified atom stereocenters. The van der Waals surface area contributed by atoms with Crippen LogP contribution in [0.5, 0.6) is 11.6 Å². The Hall–Kier alpha value is -2.26. The van der Waals surface area contributed by atoms with Crippen LogP contribution in [0.1, 0.15) is 0 Å². The highest BCUT2D eigenvalue weighted by molar-refractivity contribution is 9.10. The Labute approximate surface area is 134 Å². The Balaban J connectivity index is 2.27. The van der Waals surface area contributed by atoms with E-state index in [9.17, 15) is 10.1 Å². The topological polar surface area (TPSA) is 99.4 Å². The lowest BCUT2D eigenvalue weighted by atomic mass is 10.3. The summed E-state index contributed by atoms with van der Waals surface area (Å²) < 4.78 is 11.3. The SMILES string of the molecule is COCCNc1ncnc(Oc2ccc(Br)cc2)c1[N+](=O)[O-]. The monoisotopic (exact) mass is 368 g/mol. The van der Waals surface area contributed by atoms with E-state index in [1.807, 2.05) is 0 Å². The van der Waals surface area contributed by atoms with Gasteiger partial charge in [-0.1, -0.05) is 15.9 Å². The standard InChI is InChI=1S/C13H13BrN4O4/c1-21-7-6-15-12-11(18(19)20)13(17-8-16-12)22-10-4-2-9(14)3-5-10/h2-5,8H,6-7H2,1H3,(H,15,16,17). The number of anilines is 1. The van der Waals surface area contributed by atoms with Crippen molar-refractivity contribution in [2.45, 2.75) is 0 Å².